The molecular weight excluding hydrogens is 296 g/mol. The molecule has 0 radical (unpaired) electrons. The Balaban J connectivity index is 2.11. The molecule has 2 N–H and O–H groups in total. The van der Waals surface area contributed by atoms with Crippen LogP contribution in [0.5, 0.6) is 5.88 Å². The van der Waals surface area contributed by atoms with Crippen molar-refractivity contribution in [1.82, 2.24) is 4.98 Å². The van der Waals surface area contributed by atoms with Crippen LogP contribution in [0.4, 0.5) is 0 Å². The van der Waals surface area contributed by atoms with E-state index in [1.807, 2.05) is 6.07 Å². The van der Waals surface area contributed by atoms with Crippen molar-refractivity contribution in [2.24, 2.45) is 0 Å². The standard InChI is InChI=1S/C17H12N2O4/c18-10-17(7-5-12(20)6-8-17)23-15-13-4-2-1-3-11(13)9-14(19-15)16(21)22/h1-7,9,20H,8H2,(H,21,22). The zero-order valence-corrected chi connectivity index (χ0v) is 11.9. The predicted octanol–water partition coefficient (Wildman–Crippen LogP) is 2.98. The van der Waals surface area contributed by atoms with E-state index < -0.39 is 11.6 Å². The third kappa shape index (κ3) is 2.72. The first-order valence-corrected chi connectivity index (χ1v) is 6.85. The van der Waals surface area contributed by atoms with Crippen molar-refractivity contribution in [3.63, 3.8) is 0 Å². The average Bonchev–Trinajstić information content (AvgIpc) is 2.57. The van der Waals surface area contributed by atoms with Crippen molar-refractivity contribution in [2.75, 3.05) is 0 Å². The lowest BCUT2D eigenvalue weighted by Gasteiger charge is -2.25. The van der Waals surface area contributed by atoms with Gasteiger partial charge in [-0.1, -0.05) is 18.2 Å². The zero-order valence-electron chi connectivity index (χ0n) is 11.9. The van der Waals surface area contributed by atoms with Crippen molar-refractivity contribution < 1.29 is 19.7 Å². The Morgan fingerprint density at radius 2 is 2.17 bits per heavy atom. The van der Waals surface area contributed by atoms with Gasteiger partial charge in [-0.2, -0.15) is 5.26 Å². The largest absolute Gasteiger partial charge is 0.508 e. The molecule has 1 aromatic carbocycles. The second-order valence-corrected chi connectivity index (χ2v) is 5.11. The van der Waals surface area contributed by atoms with Gasteiger partial charge in [-0.3, -0.25) is 0 Å². The molecule has 6 heteroatoms. The molecule has 1 aliphatic rings. The first-order chi connectivity index (χ1) is 11.0. The molecule has 1 unspecified atom stereocenters. The number of aliphatic hydroxyl groups excluding tert-OH is 1. The van der Waals surface area contributed by atoms with E-state index >= 15 is 0 Å². The Morgan fingerprint density at radius 3 is 2.83 bits per heavy atom. The van der Waals surface area contributed by atoms with Gasteiger partial charge in [0.1, 0.15) is 11.8 Å². The lowest BCUT2D eigenvalue weighted by molar-refractivity contribution is 0.0688. The number of fused-ring (bicyclic) bond motifs is 1. The van der Waals surface area contributed by atoms with Crippen LogP contribution in [0.25, 0.3) is 10.8 Å². The van der Waals surface area contributed by atoms with Crippen LogP contribution >= 0.6 is 0 Å². The van der Waals surface area contributed by atoms with Crippen LogP contribution in [0.3, 0.4) is 0 Å². The van der Waals surface area contributed by atoms with Gasteiger partial charge in [0.2, 0.25) is 11.5 Å². The molecule has 1 aliphatic carbocycles. The van der Waals surface area contributed by atoms with Gasteiger partial charge in [0.25, 0.3) is 0 Å². The summed E-state index contributed by atoms with van der Waals surface area (Å²) >= 11 is 0. The molecule has 0 amide bonds. The Kier molecular flexibility index (Phi) is 3.47. The summed E-state index contributed by atoms with van der Waals surface area (Å²) in [7, 11) is 0. The van der Waals surface area contributed by atoms with Crippen LogP contribution in [-0.4, -0.2) is 26.8 Å². The van der Waals surface area contributed by atoms with E-state index in [1.165, 1.54) is 24.3 Å². The Morgan fingerprint density at radius 1 is 1.39 bits per heavy atom. The van der Waals surface area contributed by atoms with Crippen LogP contribution in [-0.2, 0) is 0 Å². The lowest BCUT2D eigenvalue weighted by atomic mass is 9.96. The number of nitriles is 1. The predicted molar refractivity (Wildman–Crippen MR) is 82.1 cm³/mol. The van der Waals surface area contributed by atoms with E-state index in [9.17, 15) is 20.3 Å². The lowest BCUT2D eigenvalue weighted by Crippen LogP contribution is -2.33. The maximum Gasteiger partial charge on any atom is 0.354 e. The number of allylic oxidation sites excluding steroid dienone is 1. The van der Waals surface area contributed by atoms with Gasteiger partial charge >= 0.3 is 5.97 Å². The summed E-state index contributed by atoms with van der Waals surface area (Å²) in [5.41, 5.74) is -1.50. The zero-order chi connectivity index (χ0) is 16.4. The summed E-state index contributed by atoms with van der Waals surface area (Å²) in [6.07, 6.45) is 4.41. The third-order valence-electron chi connectivity index (χ3n) is 3.53. The number of aromatic carboxylic acids is 1. The molecule has 1 atom stereocenters. The van der Waals surface area contributed by atoms with Gasteiger partial charge in [-0.05, 0) is 35.7 Å². The molecule has 0 spiro atoms. The fourth-order valence-corrected chi connectivity index (χ4v) is 2.32. The van der Waals surface area contributed by atoms with E-state index in [0.717, 1.165) is 0 Å². The summed E-state index contributed by atoms with van der Waals surface area (Å²) in [6.45, 7) is 0. The second-order valence-electron chi connectivity index (χ2n) is 5.11. The molecule has 3 rings (SSSR count). The minimum absolute atomic E-state index is 0.0524. The van der Waals surface area contributed by atoms with Gasteiger partial charge < -0.3 is 14.9 Å². The minimum atomic E-state index is -1.33. The number of pyridine rings is 1. The van der Waals surface area contributed by atoms with E-state index in [0.29, 0.717) is 10.8 Å². The Hall–Kier alpha value is -3.33. The van der Waals surface area contributed by atoms with E-state index in [4.69, 9.17) is 4.74 Å². The van der Waals surface area contributed by atoms with E-state index in [-0.39, 0.29) is 23.8 Å². The Bertz CT molecular complexity index is 895. The molecule has 6 nitrogen and oxygen atoms in total. The number of carboxylic acids is 1. The number of carbonyl (C=O) groups is 1. The number of nitrogens with zero attached hydrogens (tertiary/aromatic N) is 2. The molecule has 0 saturated heterocycles. The van der Waals surface area contributed by atoms with Crippen LogP contribution < -0.4 is 4.74 Å². The summed E-state index contributed by atoms with van der Waals surface area (Å²) in [4.78, 5) is 15.3. The number of ether oxygens (including phenoxy) is 1. The number of rotatable bonds is 3. The first-order valence-electron chi connectivity index (χ1n) is 6.85. The average molecular weight is 308 g/mol. The Labute approximate surface area is 131 Å². The van der Waals surface area contributed by atoms with Gasteiger partial charge in [0.05, 0.1) is 0 Å². The third-order valence-corrected chi connectivity index (χ3v) is 3.53. The summed E-state index contributed by atoms with van der Waals surface area (Å²) in [5, 5.41) is 29.3. The number of hydrogen-bond donors (Lipinski definition) is 2. The summed E-state index contributed by atoms with van der Waals surface area (Å²) in [6, 6.07) is 10.5. The van der Waals surface area contributed by atoms with Crippen molar-refractivity contribution >= 4 is 16.7 Å². The van der Waals surface area contributed by atoms with Crippen LogP contribution in [0.15, 0.2) is 54.3 Å². The number of benzene rings is 1. The normalized spacial score (nSPS) is 19.9. The van der Waals surface area contributed by atoms with Crippen LogP contribution in [0.2, 0.25) is 0 Å². The fraction of sp³-hybridized carbons (Fsp3) is 0.118. The maximum absolute atomic E-state index is 11.2. The highest BCUT2D eigenvalue weighted by Crippen LogP contribution is 2.31. The first kappa shape index (κ1) is 14.6. The van der Waals surface area contributed by atoms with E-state index in [2.05, 4.69) is 4.98 Å². The second kappa shape index (κ2) is 5.46. The SMILES string of the molecule is N#CC1(Oc2nc(C(=O)O)cc3ccccc23)C=CC(O)=CC1. The van der Waals surface area contributed by atoms with Crippen LogP contribution in [0.1, 0.15) is 16.9 Å². The molecule has 23 heavy (non-hydrogen) atoms. The molecule has 0 saturated carbocycles. The monoisotopic (exact) mass is 308 g/mol. The molecule has 1 heterocycles. The highest BCUT2D eigenvalue weighted by Gasteiger charge is 2.32. The maximum atomic E-state index is 11.2. The topological polar surface area (TPSA) is 103 Å². The highest BCUT2D eigenvalue weighted by molar-refractivity contribution is 5.94. The van der Waals surface area contributed by atoms with Crippen molar-refractivity contribution in [2.45, 2.75) is 12.0 Å². The number of hydrogen-bond acceptors (Lipinski definition) is 5. The van der Waals surface area contributed by atoms with Gasteiger partial charge in [-0.25, -0.2) is 9.78 Å². The number of carboxylic acid groups (broad SMARTS) is 1. The molecule has 0 aliphatic heterocycles. The fourth-order valence-electron chi connectivity index (χ4n) is 2.32. The molecule has 0 fully saturated rings. The number of aromatic nitrogens is 1. The van der Waals surface area contributed by atoms with Gasteiger partial charge in [-0.15, -0.1) is 0 Å². The van der Waals surface area contributed by atoms with Gasteiger partial charge in [0, 0.05) is 11.8 Å². The quantitative estimate of drug-likeness (QED) is 0.903. The molecular formula is C17H12N2O4. The highest BCUT2D eigenvalue weighted by atomic mass is 16.5. The summed E-state index contributed by atoms with van der Waals surface area (Å²) in [5.74, 6) is -1.05. The van der Waals surface area contributed by atoms with Crippen molar-refractivity contribution in [3.8, 4) is 11.9 Å². The minimum Gasteiger partial charge on any atom is -0.508 e. The van der Waals surface area contributed by atoms with Gasteiger partial charge in [0.15, 0.2) is 5.69 Å². The van der Waals surface area contributed by atoms with Crippen molar-refractivity contribution in [1.29, 1.82) is 5.26 Å². The van der Waals surface area contributed by atoms with Crippen molar-refractivity contribution in [3.05, 3.63) is 60.0 Å². The molecule has 0 bridgehead atoms. The molecule has 1 aromatic heterocycles. The van der Waals surface area contributed by atoms with E-state index in [1.54, 1.807) is 24.3 Å². The molecule has 114 valence electrons. The van der Waals surface area contributed by atoms with Crippen LogP contribution in [0, 0.1) is 11.3 Å². The smallest absolute Gasteiger partial charge is 0.354 e. The summed E-state index contributed by atoms with van der Waals surface area (Å²) < 4.78 is 5.77. The number of aliphatic hydroxyl groups is 1. The molecule has 2 aromatic rings.